The zero-order chi connectivity index (χ0) is 15.3. The molecule has 108 valence electrons. The van der Waals surface area contributed by atoms with Crippen LogP contribution >= 0.6 is 25.3 Å². The predicted octanol–water partition coefficient (Wildman–Crippen LogP) is 0.213. The van der Waals surface area contributed by atoms with E-state index in [2.05, 4.69) is 25.3 Å². The molecule has 0 aromatic heterocycles. The van der Waals surface area contributed by atoms with Crippen LogP contribution in [0.4, 0.5) is 0 Å². The molecule has 0 saturated carbocycles. The van der Waals surface area contributed by atoms with Crippen LogP contribution in [0.15, 0.2) is 0 Å². The summed E-state index contributed by atoms with van der Waals surface area (Å²) in [6.45, 7) is 6.65. The maximum absolute atomic E-state index is 10.2. The van der Waals surface area contributed by atoms with E-state index in [4.69, 9.17) is 21.7 Å². The Hall–Kier alpha value is -0.440. The van der Waals surface area contributed by atoms with Gasteiger partial charge in [0.2, 0.25) is 0 Å². The van der Waals surface area contributed by atoms with Crippen molar-refractivity contribution in [2.24, 2.45) is 11.5 Å². The van der Waals surface area contributed by atoms with Gasteiger partial charge in [0.25, 0.3) is 0 Å². The van der Waals surface area contributed by atoms with Gasteiger partial charge in [-0.15, -0.1) is 0 Å². The smallest absolute Gasteiger partial charge is 0.321 e. The minimum absolute atomic E-state index is 0.647. The molecule has 2 atom stereocenters. The zero-order valence-corrected chi connectivity index (χ0v) is 12.7. The van der Waals surface area contributed by atoms with E-state index in [0.29, 0.717) is 0 Å². The highest BCUT2D eigenvalue weighted by Crippen LogP contribution is 2.15. The van der Waals surface area contributed by atoms with Crippen LogP contribution in [0.2, 0.25) is 0 Å². The first-order chi connectivity index (χ1) is 7.71. The Labute approximate surface area is 118 Å². The number of carboxylic acid groups (broad SMARTS) is 2. The van der Waals surface area contributed by atoms with Crippen molar-refractivity contribution in [2.45, 2.75) is 49.3 Å². The molecule has 0 heterocycles. The average molecular weight is 298 g/mol. The number of carbonyl (C=O) groups is 2. The molecule has 0 aliphatic carbocycles. The molecule has 0 unspecified atom stereocenters. The number of thiol groups is 2. The van der Waals surface area contributed by atoms with Crippen molar-refractivity contribution in [2.75, 3.05) is 0 Å². The Morgan fingerprint density at radius 3 is 1.06 bits per heavy atom. The molecule has 0 saturated heterocycles. The molecule has 8 heteroatoms. The van der Waals surface area contributed by atoms with Gasteiger partial charge in [0.05, 0.1) is 0 Å². The summed E-state index contributed by atoms with van der Waals surface area (Å²) in [6, 6.07) is -1.80. The van der Waals surface area contributed by atoms with Crippen molar-refractivity contribution < 1.29 is 19.8 Å². The molecule has 0 amide bonds. The molecule has 0 aliphatic heterocycles. The average Bonchev–Trinajstić information content (AvgIpc) is 2.13. The van der Waals surface area contributed by atoms with Gasteiger partial charge in [0.15, 0.2) is 0 Å². The lowest BCUT2D eigenvalue weighted by molar-refractivity contribution is -0.140. The maximum atomic E-state index is 10.2. The highest BCUT2D eigenvalue weighted by atomic mass is 32.1. The van der Waals surface area contributed by atoms with Crippen LogP contribution in [0.3, 0.4) is 0 Å². The second kappa shape index (κ2) is 7.22. The topological polar surface area (TPSA) is 127 Å². The highest BCUT2D eigenvalue weighted by molar-refractivity contribution is 7.82. The van der Waals surface area contributed by atoms with E-state index in [0.717, 1.165) is 0 Å². The largest absolute Gasteiger partial charge is 0.480 e. The molecular formula is C10H22N2O4S2. The summed E-state index contributed by atoms with van der Waals surface area (Å²) in [7, 11) is 0. The van der Waals surface area contributed by atoms with E-state index in [1.54, 1.807) is 27.7 Å². The number of hydrogen-bond donors (Lipinski definition) is 6. The minimum Gasteiger partial charge on any atom is -0.480 e. The summed E-state index contributed by atoms with van der Waals surface area (Å²) in [5.41, 5.74) is 10.4. The molecule has 0 spiro atoms. The first-order valence-corrected chi connectivity index (χ1v) is 6.02. The highest BCUT2D eigenvalue weighted by Gasteiger charge is 2.28. The van der Waals surface area contributed by atoms with E-state index in [1.165, 1.54) is 0 Å². The van der Waals surface area contributed by atoms with Crippen LogP contribution in [0, 0.1) is 0 Å². The molecule has 0 radical (unpaired) electrons. The Morgan fingerprint density at radius 1 is 0.889 bits per heavy atom. The van der Waals surface area contributed by atoms with Gasteiger partial charge in [-0.2, -0.15) is 25.3 Å². The van der Waals surface area contributed by atoms with E-state index >= 15 is 0 Å². The van der Waals surface area contributed by atoms with Crippen LogP contribution in [-0.4, -0.2) is 43.7 Å². The molecule has 18 heavy (non-hydrogen) atoms. The lowest BCUT2D eigenvalue weighted by atomic mass is 10.1. The molecule has 6 nitrogen and oxygen atoms in total. The van der Waals surface area contributed by atoms with Gasteiger partial charge in [0, 0.05) is 9.49 Å². The van der Waals surface area contributed by atoms with E-state index < -0.39 is 33.5 Å². The summed E-state index contributed by atoms with van der Waals surface area (Å²) < 4.78 is -1.29. The van der Waals surface area contributed by atoms with Crippen molar-refractivity contribution in [1.82, 2.24) is 0 Å². The zero-order valence-electron chi connectivity index (χ0n) is 10.9. The Morgan fingerprint density at radius 2 is 1.06 bits per heavy atom. The summed E-state index contributed by atoms with van der Waals surface area (Å²) in [4.78, 5) is 20.3. The minimum atomic E-state index is -1.02. The third-order valence-electron chi connectivity index (χ3n) is 2.05. The Balaban J connectivity index is 0. The Bertz CT molecular complexity index is 267. The van der Waals surface area contributed by atoms with Gasteiger partial charge in [-0.05, 0) is 27.7 Å². The fourth-order valence-electron chi connectivity index (χ4n) is 0.604. The van der Waals surface area contributed by atoms with E-state index in [-0.39, 0.29) is 0 Å². The molecule has 0 aromatic carbocycles. The van der Waals surface area contributed by atoms with Crippen LogP contribution in [-0.2, 0) is 9.59 Å². The third kappa shape index (κ3) is 8.62. The van der Waals surface area contributed by atoms with Gasteiger partial charge in [-0.3, -0.25) is 9.59 Å². The number of carboxylic acids is 2. The van der Waals surface area contributed by atoms with Crippen LogP contribution < -0.4 is 11.5 Å². The number of aliphatic carboxylic acids is 2. The number of nitrogens with two attached hydrogens (primary N) is 2. The van der Waals surface area contributed by atoms with Crippen LogP contribution in [0.1, 0.15) is 27.7 Å². The first-order valence-electron chi connectivity index (χ1n) is 5.12. The van der Waals surface area contributed by atoms with E-state index in [9.17, 15) is 9.59 Å². The predicted molar refractivity (Wildman–Crippen MR) is 77.4 cm³/mol. The lowest BCUT2D eigenvalue weighted by Gasteiger charge is -2.21. The van der Waals surface area contributed by atoms with Gasteiger partial charge in [-0.25, -0.2) is 0 Å². The molecule has 0 fully saturated rings. The molecule has 6 N–H and O–H groups in total. The Kier molecular flexibility index (Phi) is 7.98. The normalized spacial score (nSPS) is 15.1. The fourth-order valence-corrected chi connectivity index (χ4v) is 0.825. The van der Waals surface area contributed by atoms with Gasteiger partial charge >= 0.3 is 11.9 Å². The monoisotopic (exact) mass is 298 g/mol. The fraction of sp³-hybridized carbons (Fsp3) is 0.800. The molecular weight excluding hydrogens is 276 g/mol. The van der Waals surface area contributed by atoms with Gasteiger partial charge in [0.1, 0.15) is 12.1 Å². The van der Waals surface area contributed by atoms with Crippen molar-refractivity contribution in [1.29, 1.82) is 0 Å². The molecule has 0 bridgehead atoms. The molecule has 0 aliphatic rings. The molecule has 0 rings (SSSR count). The number of rotatable bonds is 4. The van der Waals surface area contributed by atoms with E-state index in [1.807, 2.05) is 0 Å². The quantitative estimate of drug-likeness (QED) is 0.412. The first kappa shape index (κ1) is 19.9. The van der Waals surface area contributed by atoms with Crippen LogP contribution in [0.5, 0.6) is 0 Å². The summed E-state index contributed by atoms with van der Waals surface area (Å²) in [6.07, 6.45) is 0. The maximum Gasteiger partial charge on any atom is 0.321 e. The summed E-state index contributed by atoms with van der Waals surface area (Å²) in [5.74, 6) is -2.04. The number of hydrogen-bond acceptors (Lipinski definition) is 6. The third-order valence-corrected chi connectivity index (χ3v) is 2.61. The second-order valence-electron chi connectivity index (χ2n) is 4.94. The van der Waals surface area contributed by atoms with Crippen molar-refractivity contribution in [3.05, 3.63) is 0 Å². The summed E-state index contributed by atoms with van der Waals surface area (Å²) in [5, 5.41) is 16.7. The second-order valence-corrected chi connectivity index (χ2v) is 7.24. The van der Waals surface area contributed by atoms with Crippen LogP contribution in [0.25, 0.3) is 0 Å². The van der Waals surface area contributed by atoms with Crippen molar-refractivity contribution >= 4 is 37.2 Å². The lowest BCUT2D eigenvalue weighted by Crippen LogP contribution is -2.45. The van der Waals surface area contributed by atoms with Gasteiger partial charge in [-0.1, -0.05) is 0 Å². The SMILES string of the molecule is CC(C)(S)[C@@H](N)C(=O)O.CC(C)(S)[C@H](N)C(=O)O. The molecule has 0 aromatic rings. The van der Waals surface area contributed by atoms with Crippen molar-refractivity contribution in [3.63, 3.8) is 0 Å². The summed E-state index contributed by atoms with van der Waals surface area (Å²) >= 11 is 7.97. The van der Waals surface area contributed by atoms with Crippen molar-refractivity contribution in [3.8, 4) is 0 Å². The standard InChI is InChI=1S/2C5H11NO2S/c2*1-5(2,9)3(6)4(7)8/h2*3,9H,6H2,1-2H3,(H,7,8)/t2*3-/m10/s1. The van der Waals surface area contributed by atoms with Gasteiger partial charge < -0.3 is 21.7 Å².